The van der Waals surface area contributed by atoms with E-state index in [4.69, 9.17) is 16.3 Å². The highest BCUT2D eigenvalue weighted by Crippen LogP contribution is 2.42. The minimum atomic E-state index is -0.895. The van der Waals surface area contributed by atoms with Gasteiger partial charge in [-0.25, -0.2) is 0 Å². The summed E-state index contributed by atoms with van der Waals surface area (Å²) in [5.41, 5.74) is 2.39. The Kier molecular flexibility index (Phi) is 6.65. The van der Waals surface area contributed by atoms with Gasteiger partial charge in [-0.2, -0.15) is 0 Å². The molecule has 184 valence electrons. The summed E-state index contributed by atoms with van der Waals surface area (Å²) in [5.74, 6) is -1.47. The van der Waals surface area contributed by atoms with Gasteiger partial charge in [-0.1, -0.05) is 17.7 Å². The van der Waals surface area contributed by atoms with E-state index >= 15 is 0 Å². The molecule has 2 aliphatic rings. The van der Waals surface area contributed by atoms with Crippen LogP contribution in [-0.2, 0) is 9.59 Å². The van der Waals surface area contributed by atoms with Crippen LogP contribution < -0.4 is 14.5 Å². The number of ether oxygens (including phenoxy) is 1. The van der Waals surface area contributed by atoms with Crippen LogP contribution in [0.1, 0.15) is 36.6 Å². The number of nitrogens with zero attached hydrogens (tertiary/aromatic N) is 3. The van der Waals surface area contributed by atoms with Gasteiger partial charge in [-0.05, 0) is 73.9 Å². The van der Waals surface area contributed by atoms with Crippen molar-refractivity contribution in [2.45, 2.75) is 25.3 Å². The highest BCUT2D eigenvalue weighted by Gasteiger charge is 2.47. The molecule has 5 rings (SSSR count). The molecule has 0 radical (unpaired) electrons. The largest absolute Gasteiger partial charge is 0.507 e. The zero-order valence-corrected chi connectivity index (χ0v) is 20.6. The Hall–Kier alpha value is -3.84. The summed E-state index contributed by atoms with van der Waals surface area (Å²) >= 11 is 6.14. The van der Waals surface area contributed by atoms with E-state index in [1.54, 1.807) is 36.5 Å². The number of rotatable bonds is 5. The molecule has 8 heteroatoms. The van der Waals surface area contributed by atoms with Crippen molar-refractivity contribution < 1.29 is 19.4 Å². The van der Waals surface area contributed by atoms with E-state index < -0.39 is 17.7 Å². The second kappa shape index (κ2) is 10.0. The first-order valence-electron chi connectivity index (χ1n) is 11.9. The molecule has 0 saturated carbocycles. The molecule has 2 fully saturated rings. The van der Waals surface area contributed by atoms with Gasteiger partial charge in [0.25, 0.3) is 11.7 Å². The Morgan fingerprint density at radius 1 is 1.00 bits per heavy atom. The van der Waals surface area contributed by atoms with Gasteiger partial charge in [0.2, 0.25) is 0 Å². The van der Waals surface area contributed by atoms with Gasteiger partial charge >= 0.3 is 0 Å². The smallest absolute Gasteiger partial charge is 0.300 e. The molecule has 7 nitrogen and oxygen atoms in total. The quantitative estimate of drug-likeness (QED) is 0.287. The SMILES string of the molecule is COc1cc(/C(O)=C2/C(=O)C(=O)N(c3ccc(N4CCCCC4)cc3)C2c2ccccn2)ccc1Cl. The molecule has 1 N–H and O–H groups in total. The van der Waals surface area contributed by atoms with Gasteiger partial charge < -0.3 is 14.7 Å². The van der Waals surface area contributed by atoms with Gasteiger partial charge in [0.15, 0.2) is 0 Å². The Morgan fingerprint density at radius 2 is 1.72 bits per heavy atom. The third-order valence-corrected chi connectivity index (χ3v) is 7.00. The summed E-state index contributed by atoms with van der Waals surface area (Å²) < 4.78 is 5.27. The zero-order chi connectivity index (χ0) is 25.2. The molecule has 2 saturated heterocycles. The van der Waals surface area contributed by atoms with Crippen LogP contribution in [0.5, 0.6) is 5.75 Å². The lowest BCUT2D eigenvalue weighted by molar-refractivity contribution is -0.132. The monoisotopic (exact) mass is 503 g/mol. The molecule has 2 aliphatic heterocycles. The van der Waals surface area contributed by atoms with Crippen molar-refractivity contribution in [1.29, 1.82) is 0 Å². The molecule has 3 aromatic rings. The van der Waals surface area contributed by atoms with E-state index in [9.17, 15) is 14.7 Å². The molecule has 2 aromatic carbocycles. The number of amides is 1. The van der Waals surface area contributed by atoms with Gasteiger partial charge in [0.05, 0.1) is 23.4 Å². The highest BCUT2D eigenvalue weighted by atomic mass is 35.5. The van der Waals surface area contributed by atoms with Gasteiger partial charge in [0, 0.05) is 36.2 Å². The number of Topliss-reactive ketones (excluding diaryl/α,β-unsaturated/α-hetero) is 1. The normalized spacial score (nSPS) is 19.6. The number of hydrogen-bond acceptors (Lipinski definition) is 6. The Balaban J connectivity index is 1.60. The Labute approximate surface area is 214 Å². The summed E-state index contributed by atoms with van der Waals surface area (Å²) in [6.07, 6.45) is 5.15. The van der Waals surface area contributed by atoms with E-state index in [2.05, 4.69) is 9.88 Å². The number of aliphatic hydroxyl groups is 1. The van der Waals surface area contributed by atoms with Crippen LogP contribution in [0.2, 0.25) is 5.02 Å². The number of ketones is 1. The van der Waals surface area contributed by atoms with Crippen molar-refractivity contribution in [3.8, 4) is 5.75 Å². The van der Waals surface area contributed by atoms with Crippen LogP contribution in [0.25, 0.3) is 5.76 Å². The second-order valence-electron chi connectivity index (χ2n) is 8.84. The minimum absolute atomic E-state index is 0.0387. The van der Waals surface area contributed by atoms with Crippen molar-refractivity contribution in [1.82, 2.24) is 4.98 Å². The standard InChI is InChI=1S/C28H26ClN3O4/c1-36-23-17-18(8-13-21(23)29)26(33)24-25(22-7-3-4-14-30-22)32(28(35)27(24)34)20-11-9-19(10-12-20)31-15-5-2-6-16-31/h3-4,7-14,17,25,33H,2,5-6,15-16H2,1H3/b26-24-. The second-order valence-corrected chi connectivity index (χ2v) is 9.24. The fourth-order valence-electron chi connectivity index (χ4n) is 4.86. The number of carbonyl (C=O) groups excluding carboxylic acids is 2. The van der Waals surface area contributed by atoms with Crippen molar-refractivity contribution >= 4 is 40.4 Å². The van der Waals surface area contributed by atoms with Crippen LogP contribution in [0.4, 0.5) is 11.4 Å². The fourth-order valence-corrected chi connectivity index (χ4v) is 5.05. The topological polar surface area (TPSA) is 83.0 Å². The third-order valence-electron chi connectivity index (χ3n) is 6.69. The highest BCUT2D eigenvalue weighted by molar-refractivity contribution is 6.51. The van der Waals surface area contributed by atoms with Crippen molar-refractivity contribution in [3.05, 3.63) is 88.7 Å². The molecule has 1 aromatic heterocycles. The lowest BCUT2D eigenvalue weighted by Gasteiger charge is -2.30. The van der Waals surface area contributed by atoms with E-state index in [1.807, 2.05) is 24.3 Å². The number of aliphatic hydroxyl groups excluding tert-OH is 1. The minimum Gasteiger partial charge on any atom is -0.507 e. The summed E-state index contributed by atoms with van der Waals surface area (Å²) in [6, 6.07) is 16.7. The molecule has 3 heterocycles. The van der Waals surface area contributed by atoms with Crippen LogP contribution in [0.15, 0.2) is 72.4 Å². The zero-order valence-electron chi connectivity index (χ0n) is 19.9. The van der Waals surface area contributed by atoms with E-state index in [0.29, 0.717) is 27.7 Å². The number of methoxy groups -OCH3 is 1. The number of anilines is 2. The summed E-state index contributed by atoms with van der Waals surface area (Å²) in [7, 11) is 1.46. The van der Waals surface area contributed by atoms with Gasteiger partial charge in [0.1, 0.15) is 17.6 Å². The average molecular weight is 504 g/mol. The first-order valence-corrected chi connectivity index (χ1v) is 12.3. The van der Waals surface area contributed by atoms with E-state index in [1.165, 1.54) is 24.5 Å². The Morgan fingerprint density at radius 3 is 2.39 bits per heavy atom. The Bertz CT molecular complexity index is 1320. The number of carbonyl (C=O) groups is 2. The van der Waals surface area contributed by atoms with Crippen LogP contribution >= 0.6 is 11.6 Å². The van der Waals surface area contributed by atoms with Crippen LogP contribution in [0, 0.1) is 0 Å². The first kappa shape index (κ1) is 23.9. The third kappa shape index (κ3) is 4.31. The molecule has 0 spiro atoms. The molecule has 0 aliphatic carbocycles. The average Bonchev–Trinajstić information content (AvgIpc) is 3.19. The first-order chi connectivity index (χ1) is 17.5. The number of hydrogen-bond donors (Lipinski definition) is 1. The summed E-state index contributed by atoms with van der Waals surface area (Å²) in [6.45, 7) is 2.00. The molecule has 1 amide bonds. The molecular weight excluding hydrogens is 478 g/mol. The predicted octanol–water partition coefficient (Wildman–Crippen LogP) is 5.36. The molecule has 1 atom stereocenters. The van der Waals surface area contributed by atoms with Crippen molar-refractivity contribution in [3.63, 3.8) is 0 Å². The number of pyridine rings is 1. The maximum absolute atomic E-state index is 13.3. The van der Waals surface area contributed by atoms with E-state index in [0.717, 1.165) is 31.6 Å². The van der Waals surface area contributed by atoms with Gasteiger partial charge in [-0.3, -0.25) is 19.5 Å². The van der Waals surface area contributed by atoms with Gasteiger partial charge in [-0.15, -0.1) is 0 Å². The maximum Gasteiger partial charge on any atom is 0.300 e. The molecule has 36 heavy (non-hydrogen) atoms. The number of piperidine rings is 1. The van der Waals surface area contributed by atoms with E-state index in [-0.39, 0.29) is 11.3 Å². The van der Waals surface area contributed by atoms with Crippen molar-refractivity contribution in [2.75, 3.05) is 30.0 Å². The maximum atomic E-state index is 13.3. The summed E-state index contributed by atoms with van der Waals surface area (Å²) in [4.78, 5) is 34.8. The number of halogens is 1. The number of aromatic nitrogens is 1. The summed E-state index contributed by atoms with van der Waals surface area (Å²) in [5, 5.41) is 11.6. The van der Waals surface area contributed by atoms with Crippen LogP contribution in [-0.4, -0.2) is 42.0 Å². The van der Waals surface area contributed by atoms with Crippen molar-refractivity contribution in [2.24, 2.45) is 0 Å². The lowest BCUT2D eigenvalue weighted by atomic mass is 9.98. The predicted molar refractivity (Wildman–Crippen MR) is 140 cm³/mol. The molecular formula is C28H26ClN3O4. The molecule has 0 bridgehead atoms. The van der Waals surface area contributed by atoms with Crippen LogP contribution in [0.3, 0.4) is 0 Å². The number of benzene rings is 2. The molecule has 1 unspecified atom stereocenters. The fraction of sp³-hybridized carbons (Fsp3) is 0.250. The lowest BCUT2D eigenvalue weighted by Crippen LogP contribution is -2.31.